The molecular weight excluding hydrogens is 388 g/mol. The molecule has 7 heteroatoms. The number of amides is 2. The lowest BCUT2D eigenvalue weighted by atomic mass is 10.0. The predicted molar refractivity (Wildman–Crippen MR) is 116 cm³/mol. The lowest BCUT2D eigenvalue weighted by molar-refractivity contribution is -0.153. The van der Waals surface area contributed by atoms with Crippen molar-refractivity contribution in [1.29, 1.82) is 0 Å². The fourth-order valence-corrected chi connectivity index (χ4v) is 4.31. The third-order valence-corrected chi connectivity index (χ3v) is 5.91. The molecule has 1 saturated heterocycles. The van der Waals surface area contributed by atoms with Crippen LogP contribution in [0.2, 0.25) is 0 Å². The summed E-state index contributed by atoms with van der Waals surface area (Å²) in [7, 11) is 0. The standard InChI is InChI=1S/C22H32N2O4S/c1-3-9-16-12-8-13-17(21(26)24(16)18(4-2)22(27)28)23-20(25)19(29)14-15-10-6-5-7-11-15/h5-7,10-11,16-19,29H,3-4,8-9,12-14H2,1-2H3,(H,23,25)(H,27,28)/t16-,17-,18-,19-/m0/s1. The molecule has 0 bridgehead atoms. The Hall–Kier alpha value is -2.02. The number of likely N-dealkylation sites (tertiary alicyclic amines) is 1. The van der Waals surface area contributed by atoms with E-state index in [1.165, 1.54) is 4.90 Å². The van der Waals surface area contributed by atoms with Crippen LogP contribution in [0.4, 0.5) is 0 Å². The monoisotopic (exact) mass is 420 g/mol. The van der Waals surface area contributed by atoms with Crippen LogP contribution in [-0.2, 0) is 20.8 Å². The number of aliphatic carboxylic acids is 1. The Labute approximate surface area is 178 Å². The van der Waals surface area contributed by atoms with Gasteiger partial charge in [0.1, 0.15) is 12.1 Å². The molecule has 2 amide bonds. The van der Waals surface area contributed by atoms with Crippen LogP contribution in [0.15, 0.2) is 30.3 Å². The van der Waals surface area contributed by atoms with E-state index in [1.54, 1.807) is 6.92 Å². The van der Waals surface area contributed by atoms with Gasteiger partial charge in [0, 0.05) is 6.04 Å². The first-order chi connectivity index (χ1) is 13.9. The summed E-state index contributed by atoms with van der Waals surface area (Å²) in [6.45, 7) is 3.81. The maximum atomic E-state index is 13.3. The van der Waals surface area contributed by atoms with Crippen molar-refractivity contribution >= 4 is 30.4 Å². The first kappa shape index (κ1) is 23.3. The van der Waals surface area contributed by atoms with Gasteiger partial charge in [0.05, 0.1) is 5.25 Å². The normalized spacial score (nSPS) is 21.9. The molecule has 0 aliphatic carbocycles. The highest BCUT2D eigenvalue weighted by Gasteiger charge is 2.39. The second-order valence-electron chi connectivity index (χ2n) is 7.65. The number of carboxylic acids is 1. The molecule has 0 spiro atoms. The number of nitrogens with one attached hydrogen (secondary N) is 1. The minimum Gasteiger partial charge on any atom is -0.480 e. The maximum Gasteiger partial charge on any atom is 0.326 e. The van der Waals surface area contributed by atoms with Crippen LogP contribution in [0.5, 0.6) is 0 Å². The largest absolute Gasteiger partial charge is 0.480 e. The minimum absolute atomic E-state index is 0.105. The number of carbonyl (C=O) groups is 3. The summed E-state index contributed by atoms with van der Waals surface area (Å²) in [4.78, 5) is 39.3. The van der Waals surface area contributed by atoms with Crippen LogP contribution >= 0.6 is 12.6 Å². The highest BCUT2D eigenvalue weighted by Crippen LogP contribution is 2.25. The zero-order valence-electron chi connectivity index (χ0n) is 17.2. The summed E-state index contributed by atoms with van der Waals surface area (Å²) < 4.78 is 0. The van der Waals surface area contributed by atoms with Gasteiger partial charge in [-0.15, -0.1) is 0 Å². The van der Waals surface area contributed by atoms with Crippen molar-refractivity contribution in [1.82, 2.24) is 10.2 Å². The molecule has 1 fully saturated rings. The van der Waals surface area contributed by atoms with Crippen molar-refractivity contribution in [2.75, 3.05) is 0 Å². The Morgan fingerprint density at radius 2 is 1.93 bits per heavy atom. The highest BCUT2D eigenvalue weighted by molar-refractivity contribution is 7.81. The number of hydrogen-bond donors (Lipinski definition) is 3. The number of hydrogen-bond acceptors (Lipinski definition) is 4. The molecule has 1 aromatic carbocycles. The number of carbonyl (C=O) groups excluding carboxylic acids is 2. The van der Waals surface area contributed by atoms with Crippen LogP contribution in [-0.4, -0.2) is 51.2 Å². The average Bonchev–Trinajstić information content (AvgIpc) is 2.83. The van der Waals surface area contributed by atoms with Gasteiger partial charge in [-0.3, -0.25) is 9.59 Å². The van der Waals surface area contributed by atoms with E-state index in [0.29, 0.717) is 19.3 Å². The molecule has 6 nitrogen and oxygen atoms in total. The van der Waals surface area contributed by atoms with Gasteiger partial charge < -0.3 is 15.3 Å². The summed E-state index contributed by atoms with van der Waals surface area (Å²) in [6.07, 6.45) is 4.48. The molecule has 0 unspecified atom stereocenters. The van der Waals surface area contributed by atoms with E-state index in [4.69, 9.17) is 0 Å². The molecule has 1 aliphatic heterocycles. The third-order valence-electron chi connectivity index (χ3n) is 5.50. The molecule has 4 atom stereocenters. The van der Waals surface area contributed by atoms with Crippen LogP contribution in [0, 0.1) is 0 Å². The summed E-state index contributed by atoms with van der Waals surface area (Å²) >= 11 is 4.43. The van der Waals surface area contributed by atoms with E-state index in [-0.39, 0.29) is 17.9 Å². The fourth-order valence-electron chi connectivity index (χ4n) is 4.03. The van der Waals surface area contributed by atoms with E-state index >= 15 is 0 Å². The van der Waals surface area contributed by atoms with Gasteiger partial charge in [-0.05, 0) is 44.1 Å². The topological polar surface area (TPSA) is 86.7 Å². The fraction of sp³-hybridized carbons (Fsp3) is 0.591. The van der Waals surface area contributed by atoms with Gasteiger partial charge in [-0.2, -0.15) is 12.6 Å². The molecular formula is C22H32N2O4S. The van der Waals surface area contributed by atoms with Crippen molar-refractivity contribution in [3.63, 3.8) is 0 Å². The van der Waals surface area contributed by atoms with E-state index in [2.05, 4.69) is 17.9 Å². The highest BCUT2D eigenvalue weighted by atomic mass is 32.1. The molecule has 0 saturated carbocycles. The van der Waals surface area contributed by atoms with Crippen molar-refractivity contribution in [2.24, 2.45) is 0 Å². The number of nitrogens with zero attached hydrogens (tertiary/aromatic N) is 1. The molecule has 0 radical (unpaired) electrons. The van der Waals surface area contributed by atoms with Crippen molar-refractivity contribution in [2.45, 2.75) is 82.2 Å². The zero-order valence-corrected chi connectivity index (χ0v) is 18.1. The third kappa shape index (κ3) is 6.23. The molecule has 1 heterocycles. The van der Waals surface area contributed by atoms with Crippen molar-refractivity contribution in [3.05, 3.63) is 35.9 Å². The number of carboxylic acid groups (broad SMARTS) is 1. The van der Waals surface area contributed by atoms with E-state index in [9.17, 15) is 19.5 Å². The van der Waals surface area contributed by atoms with Gasteiger partial charge in [-0.25, -0.2) is 4.79 Å². The predicted octanol–water partition coefficient (Wildman–Crippen LogP) is 3.06. The Morgan fingerprint density at radius 1 is 1.24 bits per heavy atom. The maximum absolute atomic E-state index is 13.3. The zero-order chi connectivity index (χ0) is 21.4. The van der Waals surface area contributed by atoms with Crippen LogP contribution in [0.3, 0.4) is 0 Å². The molecule has 0 aromatic heterocycles. The molecule has 1 aromatic rings. The molecule has 2 rings (SSSR count). The summed E-state index contributed by atoms with van der Waals surface area (Å²) in [5.41, 5.74) is 0.997. The summed E-state index contributed by atoms with van der Waals surface area (Å²) in [6, 6.07) is 7.92. The van der Waals surface area contributed by atoms with Gasteiger partial charge in [0.25, 0.3) is 0 Å². The van der Waals surface area contributed by atoms with E-state index in [0.717, 1.165) is 31.2 Å². The lowest BCUT2D eigenvalue weighted by Crippen LogP contribution is -2.56. The number of thiol groups is 1. The second kappa shape index (κ2) is 11.2. The Balaban J connectivity index is 2.13. The van der Waals surface area contributed by atoms with Crippen molar-refractivity contribution in [3.8, 4) is 0 Å². The quantitative estimate of drug-likeness (QED) is 0.536. The van der Waals surface area contributed by atoms with Gasteiger partial charge >= 0.3 is 5.97 Å². The van der Waals surface area contributed by atoms with E-state index < -0.39 is 23.3 Å². The van der Waals surface area contributed by atoms with Crippen molar-refractivity contribution < 1.29 is 19.5 Å². The minimum atomic E-state index is -0.995. The van der Waals surface area contributed by atoms with Crippen LogP contribution in [0.25, 0.3) is 0 Å². The number of rotatable bonds is 9. The molecule has 1 aliphatic rings. The van der Waals surface area contributed by atoms with Crippen LogP contribution < -0.4 is 5.32 Å². The Bertz CT molecular complexity index is 697. The summed E-state index contributed by atoms with van der Waals surface area (Å²) in [5.74, 6) is -1.58. The van der Waals surface area contributed by atoms with E-state index in [1.807, 2.05) is 37.3 Å². The average molecular weight is 421 g/mol. The molecule has 2 N–H and O–H groups in total. The first-order valence-electron chi connectivity index (χ1n) is 10.5. The van der Waals surface area contributed by atoms with Gasteiger partial charge in [-0.1, -0.05) is 50.6 Å². The molecule has 160 valence electrons. The smallest absolute Gasteiger partial charge is 0.326 e. The lowest BCUT2D eigenvalue weighted by Gasteiger charge is -2.36. The number of benzene rings is 1. The second-order valence-corrected chi connectivity index (χ2v) is 8.27. The Morgan fingerprint density at radius 3 is 2.52 bits per heavy atom. The van der Waals surface area contributed by atoms with Gasteiger partial charge in [0.15, 0.2) is 0 Å². The van der Waals surface area contributed by atoms with Crippen LogP contribution in [0.1, 0.15) is 57.9 Å². The molecule has 29 heavy (non-hydrogen) atoms. The Kier molecular flexibility index (Phi) is 9.01. The SMILES string of the molecule is CCC[C@H]1CCC[C@H](NC(=O)[C@@H](S)Cc2ccccc2)C(=O)N1[C@@H](CC)C(=O)O. The van der Waals surface area contributed by atoms with Gasteiger partial charge in [0.2, 0.25) is 11.8 Å². The summed E-state index contributed by atoms with van der Waals surface area (Å²) in [5, 5.41) is 11.9. The first-order valence-corrected chi connectivity index (χ1v) is 11.0.